The largest absolute Gasteiger partial charge is 0.398 e. The number of anilines is 1. The Morgan fingerprint density at radius 3 is 2.50 bits per heavy atom. The summed E-state index contributed by atoms with van der Waals surface area (Å²) in [6.07, 6.45) is 15.7. The molecule has 4 aliphatic rings. The van der Waals surface area contributed by atoms with E-state index < -0.39 is 0 Å². The molecule has 196 valence electrons. The minimum atomic E-state index is 0.468. The molecular weight excluding hydrogens is 434 g/mol. The predicted octanol–water partition coefficient (Wildman–Crippen LogP) is 9.46. The third-order valence-electron chi connectivity index (χ3n) is 12.6. The second-order valence-corrected chi connectivity index (χ2v) is 14.7. The number of nitrogen functional groups attached to an aromatic ring is 1. The molecule has 2 aromatic carbocycles. The maximum absolute atomic E-state index is 6.54. The van der Waals surface area contributed by atoms with Crippen LogP contribution in [0.3, 0.4) is 0 Å². The average Bonchev–Trinajstić information content (AvgIpc) is 3.19. The van der Waals surface area contributed by atoms with Crippen LogP contribution in [0.15, 0.2) is 30.3 Å². The van der Waals surface area contributed by atoms with Crippen LogP contribution in [0.25, 0.3) is 10.8 Å². The van der Waals surface area contributed by atoms with E-state index in [1.165, 1.54) is 81.4 Å². The zero-order valence-corrected chi connectivity index (χ0v) is 23.8. The highest BCUT2D eigenvalue weighted by atomic mass is 14.7. The van der Waals surface area contributed by atoms with Crippen molar-refractivity contribution in [2.45, 2.75) is 105 Å². The Morgan fingerprint density at radius 2 is 1.69 bits per heavy atom. The molecule has 0 aliphatic heterocycles. The van der Waals surface area contributed by atoms with Gasteiger partial charge in [0.1, 0.15) is 0 Å². The molecule has 0 heterocycles. The van der Waals surface area contributed by atoms with Gasteiger partial charge in [-0.1, -0.05) is 78.1 Å². The summed E-state index contributed by atoms with van der Waals surface area (Å²) in [4.78, 5) is 0. The van der Waals surface area contributed by atoms with Gasteiger partial charge in [0.25, 0.3) is 0 Å². The van der Waals surface area contributed by atoms with Gasteiger partial charge in [0.2, 0.25) is 0 Å². The first kappa shape index (κ1) is 24.8. The van der Waals surface area contributed by atoms with Crippen LogP contribution in [-0.2, 0) is 12.8 Å². The van der Waals surface area contributed by atoms with Gasteiger partial charge < -0.3 is 5.73 Å². The Balaban J connectivity index is 1.25. The molecule has 3 fully saturated rings. The van der Waals surface area contributed by atoms with Gasteiger partial charge in [-0.3, -0.25) is 0 Å². The van der Waals surface area contributed by atoms with Gasteiger partial charge in [-0.2, -0.15) is 0 Å². The Morgan fingerprint density at radius 1 is 0.889 bits per heavy atom. The van der Waals surface area contributed by atoms with E-state index in [9.17, 15) is 0 Å². The molecule has 6 rings (SSSR count). The summed E-state index contributed by atoms with van der Waals surface area (Å²) in [5, 5.41) is 2.69. The van der Waals surface area contributed by atoms with Gasteiger partial charge in [0, 0.05) is 11.1 Å². The van der Waals surface area contributed by atoms with E-state index in [0.29, 0.717) is 10.8 Å². The molecule has 3 saturated carbocycles. The third-order valence-corrected chi connectivity index (χ3v) is 12.6. The van der Waals surface area contributed by atoms with Crippen molar-refractivity contribution in [1.29, 1.82) is 0 Å². The highest BCUT2D eigenvalue weighted by Crippen LogP contribution is 2.68. The molecule has 0 bridgehead atoms. The zero-order valence-electron chi connectivity index (χ0n) is 23.8. The van der Waals surface area contributed by atoms with E-state index in [4.69, 9.17) is 5.73 Å². The van der Waals surface area contributed by atoms with E-state index in [2.05, 4.69) is 65.0 Å². The van der Waals surface area contributed by atoms with Crippen molar-refractivity contribution in [1.82, 2.24) is 0 Å². The Bertz CT molecular complexity index is 1120. The SMILES string of the molecule is CC(C)CCCC(C)C1CCC2C3CCC4Cc5c(ccc6cccc(N)c56)CC4(C)C3CCC12C. The number of nitrogens with two attached hydrogens (primary N) is 1. The van der Waals surface area contributed by atoms with Crippen molar-refractivity contribution in [3.8, 4) is 0 Å². The average molecular weight is 486 g/mol. The van der Waals surface area contributed by atoms with E-state index >= 15 is 0 Å². The van der Waals surface area contributed by atoms with Gasteiger partial charge in [0.05, 0.1) is 0 Å². The summed E-state index contributed by atoms with van der Waals surface area (Å²) in [6, 6.07) is 11.3. The van der Waals surface area contributed by atoms with E-state index in [1.54, 1.807) is 11.1 Å². The lowest BCUT2D eigenvalue weighted by atomic mass is 9.44. The lowest BCUT2D eigenvalue weighted by Crippen LogP contribution is -2.54. The van der Waals surface area contributed by atoms with Crippen LogP contribution in [0, 0.1) is 52.3 Å². The Kier molecular flexibility index (Phi) is 6.24. The van der Waals surface area contributed by atoms with Crippen LogP contribution in [0.4, 0.5) is 5.69 Å². The van der Waals surface area contributed by atoms with Crippen molar-refractivity contribution in [2.24, 2.45) is 52.3 Å². The number of benzene rings is 2. The molecule has 0 amide bonds. The molecule has 36 heavy (non-hydrogen) atoms. The highest BCUT2D eigenvalue weighted by molar-refractivity contribution is 5.96. The van der Waals surface area contributed by atoms with Crippen molar-refractivity contribution >= 4 is 16.5 Å². The molecule has 4 aliphatic carbocycles. The highest BCUT2D eigenvalue weighted by Gasteiger charge is 2.60. The molecule has 1 nitrogen and oxygen atoms in total. The summed E-state index contributed by atoms with van der Waals surface area (Å²) in [7, 11) is 0. The smallest absolute Gasteiger partial charge is 0.0396 e. The normalized spacial score (nSPS) is 38.3. The fraction of sp³-hybridized carbons (Fsp3) is 0.714. The van der Waals surface area contributed by atoms with E-state index in [-0.39, 0.29) is 0 Å². The first-order chi connectivity index (χ1) is 17.2. The Hall–Kier alpha value is -1.50. The van der Waals surface area contributed by atoms with Gasteiger partial charge in [-0.05, 0) is 126 Å². The van der Waals surface area contributed by atoms with Crippen LogP contribution in [0.5, 0.6) is 0 Å². The lowest BCUT2D eigenvalue weighted by Gasteiger charge is -2.61. The second kappa shape index (κ2) is 9.06. The molecule has 8 atom stereocenters. The first-order valence-corrected chi connectivity index (χ1v) is 15.5. The predicted molar refractivity (Wildman–Crippen MR) is 155 cm³/mol. The molecule has 0 radical (unpaired) electrons. The first-order valence-electron chi connectivity index (χ1n) is 15.5. The summed E-state index contributed by atoms with van der Waals surface area (Å²) < 4.78 is 0. The number of fused-ring (bicyclic) bond motifs is 8. The summed E-state index contributed by atoms with van der Waals surface area (Å²) in [6.45, 7) is 12.8. The van der Waals surface area contributed by atoms with Gasteiger partial charge in [-0.15, -0.1) is 0 Å². The van der Waals surface area contributed by atoms with Gasteiger partial charge in [0.15, 0.2) is 0 Å². The lowest BCUT2D eigenvalue weighted by molar-refractivity contribution is -0.103. The quantitative estimate of drug-likeness (QED) is 0.419. The summed E-state index contributed by atoms with van der Waals surface area (Å²) in [5.74, 6) is 6.40. The zero-order chi connectivity index (χ0) is 25.2. The molecule has 0 saturated heterocycles. The van der Waals surface area contributed by atoms with E-state index in [0.717, 1.165) is 47.1 Å². The summed E-state index contributed by atoms with van der Waals surface area (Å²) >= 11 is 0. The van der Waals surface area contributed by atoms with Crippen LogP contribution >= 0.6 is 0 Å². The van der Waals surface area contributed by atoms with Crippen LogP contribution in [-0.4, -0.2) is 0 Å². The Labute approximate surface area is 221 Å². The maximum atomic E-state index is 6.54. The van der Waals surface area contributed by atoms with Crippen molar-refractivity contribution < 1.29 is 0 Å². The second-order valence-electron chi connectivity index (χ2n) is 14.7. The number of hydrogen-bond acceptors (Lipinski definition) is 1. The van der Waals surface area contributed by atoms with E-state index in [1.807, 2.05) is 0 Å². The molecule has 2 N–H and O–H groups in total. The standard InChI is InChI=1S/C35H51N/c1-22(2)8-6-9-23(3)29-16-17-30-27-15-14-26-20-28-25(13-12-24-10-7-11-32(36)33(24)28)21-35(26,5)31(27)18-19-34(29,30)4/h7,10-13,22-23,26-27,29-31H,6,8-9,14-21,36H2,1-5H3. The molecule has 0 aromatic heterocycles. The van der Waals surface area contributed by atoms with Crippen molar-refractivity contribution in [3.63, 3.8) is 0 Å². The minimum Gasteiger partial charge on any atom is -0.398 e. The van der Waals surface area contributed by atoms with Gasteiger partial charge >= 0.3 is 0 Å². The number of hydrogen-bond donors (Lipinski definition) is 1. The minimum absolute atomic E-state index is 0.468. The van der Waals surface area contributed by atoms with Crippen molar-refractivity contribution in [3.05, 3.63) is 41.5 Å². The van der Waals surface area contributed by atoms with Crippen LogP contribution < -0.4 is 5.73 Å². The maximum Gasteiger partial charge on any atom is 0.0396 e. The molecule has 0 spiro atoms. The topological polar surface area (TPSA) is 26.0 Å². The van der Waals surface area contributed by atoms with Crippen LogP contribution in [0.2, 0.25) is 0 Å². The summed E-state index contributed by atoms with van der Waals surface area (Å²) in [5.41, 5.74) is 11.8. The fourth-order valence-electron chi connectivity index (χ4n) is 10.8. The molecular formula is C35H51N. The van der Waals surface area contributed by atoms with Crippen LogP contribution in [0.1, 0.15) is 104 Å². The molecule has 8 unspecified atom stereocenters. The van der Waals surface area contributed by atoms with Crippen molar-refractivity contribution in [2.75, 3.05) is 5.73 Å². The number of rotatable bonds is 5. The molecule has 2 aromatic rings. The monoisotopic (exact) mass is 485 g/mol. The molecule has 1 heteroatoms. The fourth-order valence-corrected chi connectivity index (χ4v) is 10.8. The van der Waals surface area contributed by atoms with Gasteiger partial charge in [-0.25, -0.2) is 0 Å². The third kappa shape index (κ3) is 3.77.